The molecule has 2 atom stereocenters. The third-order valence-corrected chi connectivity index (χ3v) is 3.36. The van der Waals surface area contributed by atoms with Crippen LogP contribution in [0.5, 0.6) is 0 Å². The van der Waals surface area contributed by atoms with Gasteiger partial charge in [-0.2, -0.15) is 0 Å². The van der Waals surface area contributed by atoms with Crippen LogP contribution in [0.15, 0.2) is 24.3 Å². The summed E-state index contributed by atoms with van der Waals surface area (Å²) in [5.74, 6) is 0.0783. The van der Waals surface area contributed by atoms with Crippen molar-refractivity contribution in [3.63, 3.8) is 0 Å². The average molecular weight is 262 g/mol. The van der Waals surface area contributed by atoms with Crippen molar-refractivity contribution in [2.75, 3.05) is 0 Å². The lowest BCUT2D eigenvalue weighted by Crippen LogP contribution is -2.45. The first kappa shape index (κ1) is 15.7. The van der Waals surface area contributed by atoms with Crippen molar-refractivity contribution in [2.45, 2.75) is 59.2 Å². The van der Waals surface area contributed by atoms with E-state index in [9.17, 15) is 4.79 Å². The number of carbonyl (C=O) groups excluding carboxylic acids is 1. The average Bonchev–Trinajstić information content (AvgIpc) is 2.37. The Morgan fingerprint density at radius 1 is 1.26 bits per heavy atom. The molecule has 0 heterocycles. The molecule has 2 unspecified atom stereocenters. The Balaban J connectivity index is 2.40. The fraction of sp³-hybridized carbons (Fsp3) is 0.562. The molecular formula is C16H26N2O. The smallest absolute Gasteiger partial charge is 0.237 e. The van der Waals surface area contributed by atoms with Crippen LogP contribution < -0.4 is 10.6 Å². The van der Waals surface area contributed by atoms with Crippen LogP contribution in [0.4, 0.5) is 0 Å². The van der Waals surface area contributed by atoms with Crippen molar-refractivity contribution >= 4 is 5.91 Å². The summed E-state index contributed by atoms with van der Waals surface area (Å²) in [5, 5.41) is 6.30. The van der Waals surface area contributed by atoms with Crippen molar-refractivity contribution in [3.8, 4) is 0 Å². The molecule has 0 spiro atoms. The van der Waals surface area contributed by atoms with E-state index in [1.807, 2.05) is 19.1 Å². The Kier molecular flexibility index (Phi) is 6.57. The molecule has 0 aliphatic heterocycles. The third-order valence-electron chi connectivity index (χ3n) is 3.36. The number of rotatable bonds is 7. The standard InChI is InChI=1S/C16H26N2O/c1-5-8-13(3)18-16(19)14(4)17-11-15-10-7-6-9-12(15)2/h6-7,9-10,13-14,17H,5,8,11H2,1-4H3,(H,18,19). The van der Waals surface area contributed by atoms with Crippen molar-refractivity contribution < 1.29 is 4.79 Å². The van der Waals surface area contributed by atoms with Gasteiger partial charge in [-0.05, 0) is 38.3 Å². The number of carbonyl (C=O) groups is 1. The van der Waals surface area contributed by atoms with Gasteiger partial charge < -0.3 is 10.6 Å². The predicted molar refractivity (Wildman–Crippen MR) is 80.0 cm³/mol. The Morgan fingerprint density at radius 2 is 1.95 bits per heavy atom. The molecule has 0 saturated carbocycles. The zero-order valence-corrected chi connectivity index (χ0v) is 12.5. The molecular weight excluding hydrogens is 236 g/mol. The van der Waals surface area contributed by atoms with Gasteiger partial charge >= 0.3 is 0 Å². The number of aryl methyl sites for hydroxylation is 1. The molecule has 3 nitrogen and oxygen atoms in total. The van der Waals surface area contributed by atoms with Crippen LogP contribution >= 0.6 is 0 Å². The minimum atomic E-state index is -0.168. The minimum Gasteiger partial charge on any atom is -0.352 e. The van der Waals surface area contributed by atoms with E-state index in [0.717, 1.165) is 19.4 Å². The van der Waals surface area contributed by atoms with Gasteiger partial charge in [0.1, 0.15) is 0 Å². The van der Waals surface area contributed by atoms with Crippen LogP contribution in [0.3, 0.4) is 0 Å². The maximum absolute atomic E-state index is 12.0. The van der Waals surface area contributed by atoms with Crippen molar-refractivity contribution in [1.82, 2.24) is 10.6 Å². The lowest BCUT2D eigenvalue weighted by molar-refractivity contribution is -0.123. The second-order valence-electron chi connectivity index (χ2n) is 5.23. The Bertz CT molecular complexity index is 403. The van der Waals surface area contributed by atoms with Crippen LogP contribution in [-0.4, -0.2) is 18.0 Å². The first-order valence-corrected chi connectivity index (χ1v) is 7.12. The molecule has 0 bridgehead atoms. The minimum absolute atomic E-state index is 0.0783. The number of hydrogen-bond acceptors (Lipinski definition) is 2. The molecule has 1 aromatic carbocycles. The topological polar surface area (TPSA) is 41.1 Å². The van der Waals surface area contributed by atoms with Gasteiger partial charge in [0.15, 0.2) is 0 Å². The first-order valence-electron chi connectivity index (χ1n) is 7.12. The first-order chi connectivity index (χ1) is 9.04. The third kappa shape index (κ3) is 5.43. The fourth-order valence-corrected chi connectivity index (χ4v) is 2.04. The highest BCUT2D eigenvalue weighted by atomic mass is 16.2. The van der Waals surface area contributed by atoms with Crippen molar-refractivity contribution in [1.29, 1.82) is 0 Å². The van der Waals surface area contributed by atoms with E-state index in [-0.39, 0.29) is 18.0 Å². The summed E-state index contributed by atoms with van der Waals surface area (Å²) in [7, 11) is 0. The lowest BCUT2D eigenvalue weighted by atomic mass is 10.1. The second kappa shape index (κ2) is 7.95. The molecule has 19 heavy (non-hydrogen) atoms. The predicted octanol–water partition coefficient (Wildman–Crippen LogP) is 2.78. The van der Waals surface area contributed by atoms with Crippen LogP contribution in [-0.2, 0) is 11.3 Å². The molecule has 3 heteroatoms. The number of hydrogen-bond donors (Lipinski definition) is 2. The van der Waals surface area contributed by atoms with E-state index < -0.39 is 0 Å². The molecule has 1 rings (SSSR count). The molecule has 2 N–H and O–H groups in total. The highest BCUT2D eigenvalue weighted by Crippen LogP contribution is 2.06. The number of benzene rings is 1. The van der Waals surface area contributed by atoms with E-state index in [0.29, 0.717) is 0 Å². The summed E-state index contributed by atoms with van der Waals surface area (Å²) < 4.78 is 0. The number of amides is 1. The Hall–Kier alpha value is -1.35. The molecule has 1 aromatic rings. The lowest BCUT2D eigenvalue weighted by Gasteiger charge is -2.18. The van der Waals surface area contributed by atoms with Gasteiger partial charge in [0.25, 0.3) is 0 Å². The second-order valence-corrected chi connectivity index (χ2v) is 5.23. The SMILES string of the molecule is CCCC(C)NC(=O)C(C)NCc1ccccc1C. The van der Waals surface area contributed by atoms with E-state index in [4.69, 9.17) is 0 Å². The molecule has 0 fully saturated rings. The molecule has 0 aliphatic carbocycles. The van der Waals surface area contributed by atoms with Gasteiger partial charge in [-0.25, -0.2) is 0 Å². The van der Waals surface area contributed by atoms with Crippen molar-refractivity contribution in [2.24, 2.45) is 0 Å². The zero-order valence-electron chi connectivity index (χ0n) is 12.5. The molecule has 0 aliphatic rings. The Labute approximate surface area is 116 Å². The summed E-state index contributed by atoms with van der Waals surface area (Å²) in [6, 6.07) is 8.32. The molecule has 1 amide bonds. The zero-order chi connectivity index (χ0) is 14.3. The highest BCUT2D eigenvalue weighted by molar-refractivity contribution is 5.81. The normalized spacial score (nSPS) is 13.9. The highest BCUT2D eigenvalue weighted by Gasteiger charge is 2.14. The maximum Gasteiger partial charge on any atom is 0.237 e. The van der Waals surface area contributed by atoms with Crippen LogP contribution in [0.1, 0.15) is 44.7 Å². The van der Waals surface area contributed by atoms with Gasteiger partial charge in [0.2, 0.25) is 5.91 Å². The molecule has 106 valence electrons. The van der Waals surface area contributed by atoms with Gasteiger partial charge in [-0.3, -0.25) is 4.79 Å². The maximum atomic E-state index is 12.0. The quantitative estimate of drug-likeness (QED) is 0.793. The fourth-order valence-electron chi connectivity index (χ4n) is 2.04. The van der Waals surface area contributed by atoms with Crippen molar-refractivity contribution in [3.05, 3.63) is 35.4 Å². The van der Waals surface area contributed by atoms with Gasteiger partial charge in [-0.15, -0.1) is 0 Å². The summed E-state index contributed by atoms with van der Waals surface area (Å²) in [5.41, 5.74) is 2.49. The van der Waals surface area contributed by atoms with E-state index >= 15 is 0 Å². The summed E-state index contributed by atoms with van der Waals surface area (Å²) in [6.07, 6.45) is 2.11. The largest absolute Gasteiger partial charge is 0.352 e. The van der Waals surface area contributed by atoms with Crippen LogP contribution in [0, 0.1) is 6.92 Å². The summed E-state index contributed by atoms with van der Waals surface area (Å²) in [4.78, 5) is 12.0. The Morgan fingerprint density at radius 3 is 2.58 bits per heavy atom. The number of nitrogens with one attached hydrogen (secondary N) is 2. The monoisotopic (exact) mass is 262 g/mol. The van der Waals surface area contributed by atoms with E-state index in [1.54, 1.807) is 0 Å². The summed E-state index contributed by atoms with van der Waals surface area (Å²) in [6.45, 7) is 8.90. The van der Waals surface area contributed by atoms with Gasteiger partial charge in [-0.1, -0.05) is 37.6 Å². The van der Waals surface area contributed by atoms with E-state index in [1.165, 1.54) is 11.1 Å². The molecule has 0 aromatic heterocycles. The van der Waals surface area contributed by atoms with Gasteiger partial charge in [0.05, 0.1) is 6.04 Å². The van der Waals surface area contributed by atoms with E-state index in [2.05, 4.69) is 43.5 Å². The van der Waals surface area contributed by atoms with Crippen LogP contribution in [0.25, 0.3) is 0 Å². The van der Waals surface area contributed by atoms with Gasteiger partial charge in [0, 0.05) is 12.6 Å². The molecule has 0 radical (unpaired) electrons. The summed E-state index contributed by atoms with van der Waals surface area (Å²) >= 11 is 0. The molecule has 0 saturated heterocycles. The van der Waals surface area contributed by atoms with Crippen LogP contribution in [0.2, 0.25) is 0 Å².